The molecule has 2 fully saturated rings. The summed E-state index contributed by atoms with van der Waals surface area (Å²) in [6, 6.07) is 8.74. The molecule has 2 amide bonds. The van der Waals surface area contributed by atoms with Crippen LogP contribution in [-0.4, -0.2) is 54.3 Å². The number of piperidine rings is 1. The van der Waals surface area contributed by atoms with Crippen LogP contribution in [0.25, 0.3) is 0 Å². The average molecular weight is 338 g/mol. The number of nitrogens with one attached hydrogen (secondary N) is 1. The van der Waals surface area contributed by atoms with E-state index in [1.165, 1.54) is 4.90 Å². The van der Waals surface area contributed by atoms with Gasteiger partial charge in [0.15, 0.2) is 0 Å². The van der Waals surface area contributed by atoms with Gasteiger partial charge in [-0.25, -0.2) is 20.0 Å². The Bertz CT molecular complexity index is 761. The Labute approximate surface area is 148 Å². The van der Waals surface area contributed by atoms with Gasteiger partial charge in [0.25, 0.3) is 0 Å². The van der Waals surface area contributed by atoms with E-state index in [1.54, 1.807) is 30.3 Å². The number of benzene rings is 1. The third-order valence-corrected chi connectivity index (χ3v) is 3.62. The first-order chi connectivity index (χ1) is 13.6. The predicted molar refractivity (Wildman–Crippen MR) is 87.0 cm³/mol. The monoisotopic (exact) mass is 338 g/mol. The van der Waals surface area contributed by atoms with Gasteiger partial charge in [-0.3, -0.25) is 4.90 Å². The van der Waals surface area contributed by atoms with E-state index < -0.39 is 31.3 Å². The molecule has 0 spiro atoms. The number of amides is 2. The van der Waals surface area contributed by atoms with Gasteiger partial charge in [-0.2, -0.15) is 0 Å². The van der Waals surface area contributed by atoms with E-state index in [-0.39, 0.29) is 11.6 Å². The van der Waals surface area contributed by atoms with Gasteiger partial charge >= 0.3 is 12.2 Å². The summed E-state index contributed by atoms with van der Waals surface area (Å²) in [6.07, 6.45) is -3.12. The van der Waals surface area contributed by atoms with Crippen molar-refractivity contribution in [3.05, 3.63) is 35.9 Å². The molecule has 0 saturated carbocycles. The minimum absolute atomic E-state index is 0.112. The number of carbonyl (C=O) groups excluding carboxylic acids is 2. The van der Waals surface area contributed by atoms with E-state index in [4.69, 9.17) is 16.3 Å². The molecule has 7 heteroatoms. The van der Waals surface area contributed by atoms with Crippen LogP contribution >= 0.6 is 0 Å². The molecule has 2 heterocycles. The molecule has 0 aliphatic carbocycles. The summed E-state index contributed by atoms with van der Waals surface area (Å²) in [6.45, 7) is -5.09. The van der Waals surface area contributed by atoms with Crippen molar-refractivity contribution in [1.29, 1.82) is 0 Å². The summed E-state index contributed by atoms with van der Waals surface area (Å²) in [5.74, 6) is 0. The maximum Gasteiger partial charge on any atom is 0.429 e. The van der Waals surface area contributed by atoms with Crippen molar-refractivity contribution >= 4 is 12.2 Å². The number of ether oxygens (including phenoxy) is 2. The van der Waals surface area contributed by atoms with Crippen molar-refractivity contribution in [2.75, 3.05) is 26.1 Å². The van der Waals surface area contributed by atoms with Crippen LogP contribution in [0.15, 0.2) is 30.3 Å². The van der Waals surface area contributed by atoms with Gasteiger partial charge in [0.05, 0.1) is 10.6 Å². The molecule has 7 nitrogen and oxygen atoms in total. The van der Waals surface area contributed by atoms with Crippen LogP contribution in [0.4, 0.5) is 9.59 Å². The van der Waals surface area contributed by atoms with Crippen molar-refractivity contribution in [2.24, 2.45) is 0 Å². The molecule has 1 N–H and O–H groups in total. The molecule has 1 atom stereocenters. The first-order valence-electron chi connectivity index (χ1n) is 10.4. The highest BCUT2D eigenvalue weighted by atomic mass is 16.6. The van der Waals surface area contributed by atoms with Crippen molar-refractivity contribution < 1.29 is 25.9 Å². The van der Waals surface area contributed by atoms with E-state index in [9.17, 15) is 9.59 Å². The summed E-state index contributed by atoms with van der Waals surface area (Å²) in [5.41, 5.74) is 2.62. The predicted octanol–water partition coefficient (Wildman–Crippen LogP) is 2.13. The highest BCUT2D eigenvalue weighted by Gasteiger charge is 2.34. The third kappa shape index (κ3) is 4.61. The van der Waals surface area contributed by atoms with Crippen LogP contribution in [0, 0.1) is 0 Å². The smallest absolute Gasteiger partial charge is 0.429 e. The van der Waals surface area contributed by atoms with E-state index in [1.807, 2.05) is 5.43 Å². The Hall–Kier alpha value is -2.28. The van der Waals surface area contributed by atoms with Crippen LogP contribution in [0.2, 0.25) is 0 Å². The zero-order chi connectivity index (χ0) is 21.3. The zero-order valence-electron chi connectivity index (χ0n) is 18.2. The minimum Gasteiger partial charge on any atom is -0.443 e. The first kappa shape index (κ1) is 11.3. The lowest BCUT2D eigenvalue weighted by atomic mass is 10.1. The molecule has 1 aromatic carbocycles. The van der Waals surface area contributed by atoms with Gasteiger partial charge in [-0.05, 0) is 31.5 Å². The number of hydrogen-bond acceptors (Lipinski definition) is 5. The molecule has 2 aliphatic rings. The second-order valence-corrected chi connectivity index (χ2v) is 5.48. The zero-order valence-corrected chi connectivity index (χ0v) is 13.2. The second-order valence-electron chi connectivity index (χ2n) is 5.48. The molecule has 1 unspecified atom stereocenters. The fourth-order valence-electron chi connectivity index (χ4n) is 2.42. The first-order valence-corrected chi connectivity index (χ1v) is 7.85. The molecular weight excluding hydrogens is 310 g/mol. The molecule has 0 aromatic heterocycles. The van der Waals surface area contributed by atoms with Gasteiger partial charge in [-0.1, -0.05) is 36.8 Å². The van der Waals surface area contributed by atoms with Crippen LogP contribution in [-0.2, 0) is 16.1 Å². The quantitative estimate of drug-likeness (QED) is 0.890. The molecule has 24 heavy (non-hydrogen) atoms. The van der Waals surface area contributed by atoms with Gasteiger partial charge in [0, 0.05) is 9.24 Å². The van der Waals surface area contributed by atoms with Crippen molar-refractivity contribution in [2.45, 2.75) is 31.9 Å². The Morgan fingerprint density at radius 3 is 2.88 bits per heavy atom. The number of hydrogen-bond donors (Lipinski definition) is 1. The lowest BCUT2D eigenvalue weighted by molar-refractivity contribution is 0.0942. The summed E-state index contributed by atoms with van der Waals surface area (Å²) >= 11 is 0. The Kier molecular flexibility index (Phi) is 3.77. The van der Waals surface area contributed by atoms with E-state index in [2.05, 4.69) is 0 Å². The summed E-state index contributed by atoms with van der Waals surface area (Å²) in [5, 5.41) is 0.176. The lowest BCUT2D eigenvalue weighted by Crippen LogP contribution is -2.44. The maximum atomic E-state index is 12.2. The van der Waals surface area contributed by atoms with Crippen LogP contribution in [0.1, 0.15) is 31.7 Å². The lowest BCUT2D eigenvalue weighted by Gasteiger charge is -2.27. The Morgan fingerprint density at radius 2 is 2.12 bits per heavy atom. The largest absolute Gasteiger partial charge is 0.443 e. The van der Waals surface area contributed by atoms with Crippen molar-refractivity contribution in [3.8, 4) is 0 Å². The number of nitrogens with zero attached hydrogens (tertiary/aromatic N) is 2. The fraction of sp³-hybridized carbons (Fsp3) is 0.529. The number of rotatable bonds is 5. The highest BCUT2D eigenvalue weighted by Crippen LogP contribution is 2.14. The second kappa shape index (κ2) is 8.01. The SMILES string of the molecule is [2H]C([2H])(N1CCCCC1)C1([2H])OC(=O)N(NC(=O)OCc2ccccc2)C1([2H])[2H]. The van der Waals surface area contributed by atoms with E-state index in [0.717, 1.165) is 6.42 Å². The number of hydrazine groups is 1. The maximum absolute atomic E-state index is 12.2. The molecule has 3 rings (SSSR count). The average Bonchev–Trinajstić information content (AvgIpc) is 2.88. The standard InChI is InChI=1S/C17H23N3O4/c21-16(23-13-14-7-3-1-4-8-14)18-20-12-15(24-17(20)22)11-19-9-5-2-6-10-19/h1,3-4,7-8,15H,2,5-6,9-13H2,(H,18,21)/i11D2,12D2,15D. The Morgan fingerprint density at radius 1 is 1.38 bits per heavy atom. The summed E-state index contributed by atoms with van der Waals surface area (Å²) in [7, 11) is 0. The molecule has 1 aromatic rings. The van der Waals surface area contributed by atoms with E-state index in [0.29, 0.717) is 31.5 Å². The molecular formula is C17H23N3O4. The number of cyclic esters (lactones) is 1. The topological polar surface area (TPSA) is 71.1 Å². The Balaban J connectivity index is 1.72. The summed E-state index contributed by atoms with van der Waals surface area (Å²) < 4.78 is 51.3. The highest BCUT2D eigenvalue weighted by molar-refractivity contribution is 5.75. The van der Waals surface area contributed by atoms with Crippen LogP contribution < -0.4 is 5.43 Å². The summed E-state index contributed by atoms with van der Waals surface area (Å²) in [4.78, 5) is 25.6. The van der Waals surface area contributed by atoms with Crippen LogP contribution in [0.5, 0.6) is 0 Å². The van der Waals surface area contributed by atoms with Gasteiger partial charge in [0.2, 0.25) is 0 Å². The molecule has 2 aliphatic heterocycles. The fourth-order valence-corrected chi connectivity index (χ4v) is 2.42. The van der Waals surface area contributed by atoms with E-state index >= 15 is 0 Å². The van der Waals surface area contributed by atoms with Crippen molar-refractivity contribution in [1.82, 2.24) is 15.3 Å². The molecule has 2 saturated heterocycles. The van der Waals surface area contributed by atoms with Gasteiger partial charge in [0.1, 0.15) is 12.7 Å². The third-order valence-electron chi connectivity index (χ3n) is 3.62. The normalized spacial score (nSPS) is 30.2. The number of carbonyl (C=O) groups is 2. The number of likely N-dealkylation sites (tertiary alicyclic amines) is 1. The molecule has 0 bridgehead atoms. The molecule has 0 radical (unpaired) electrons. The van der Waals surface area contributed by atoms with Gasteiger partial charge < -0.3 is 9.47 Å². The minimum atomic E-state index is -2.99. The van der Waals surface area contributed by atoms with Gasteiger partial charge in [-0.15, -0.1) is 0 Å². The molecule has 130 valence electrons. The van der Waals surface area contributed by atoms with Crippen molar-refractivity contribution in [3.63, 3.8) is 0 Å². The van der Waals surface area contributed by atoms with Crippen LogP contribution in [0.3, 0.4) is 0 Å².